The minimum atomic E-state index is -0.357. The average Bonchev–Trinajstić information content (AvgIpc) is 2.43. The number of amides is 3. The Morgan fingerprint density at radius 3 is 1.57 bits per heavy atom. The fourth-order valence-corrected chi connectivity index (χ4v) is 1.79. The highest BCUT2D eigenvalue weighted by molar-refractivity contribution is 6.30. The van der Waals surface area contributed by atoms with Gasteiger partial charge < -0.3 is 16.0 Å². The molecular formula is C15H14ClN3O2. The summed E-state index contributed by atoms with van der Waals surface area (Å²) in [6.45, 7) is 1.44. The SMILES string of the molecule is CC(=O)Nc1ccc(NC(=O)Nc2ccc(Cl)cc2)cc1. The van der Waals surface area contributed by atoms with Crippen LogP contribution in [0.3, 0.4) is 0 Å². The largest absolute Gasteiger partial charge is 0.326 e. The normalized spacial score (nSPS) is 9.81. The highest BCUT2D eigenvalue weighted by atomic mass is 35.5. The quantitative estimate of drug-likeness (QED) is 0.803. The van der Waals surface area contributed by atoms with E-state index in [9.17, 15) is 9.59 Å². The zero-order chi connectivity index (χ0) is 15.2. The summed E-state index contributed by atoms with van der Waals surface area (Å²) in [5.41, 5.74) is 1.94. The molecule has 0 saturated heterocycles. The van der Waals surface area contributed by atoms with Gasteiger partial charge in [-0.3, -0.25) is 4.79 Å². The van der Waals surface area contributed by atoms with Crippen LogP contribution in [-0.2, 0) is 4.79 Å². The lowest BCUT2D eigenvalue weighted by molar-refractivity contribution is -0.114. The van der Waals surface area contributed by atoms with Gasteiger partial charge in [0.05, 0.1) is 0 Å². The van der Waals surface area contributed by atoms with Gasteiger partial charge in [0.15, 0.2) is 0 Å². The molecule has 0 aliphatic heterocycles. The van der Waals surface area contributed by atoms with Crippen molar-refractivity contribution in [2.24, 2.45) is 0 Å². The third-order valence-electron chi connectivity index (χ3n) is 2.57. The average molecular weight is 304 g/mol. The zero-order valence-electron chi connectivity index (χ0n) is 11.3. The van der Waals surface area contributed by atoms with E-state index in [1.807, 2.05) is 0 Å². The van der Waals surface area contributed by atoms with Crippen LogP contribution in [-0.4, -0.2) is 11.9 Å². The molecule has 0 aliphatic rings. The van der Waals surface area contributed by atoms with E-state index in [1.54, 1.807) is 48.5 Å². The smallest absolute Gasteiger partial charge is 0.323 e. The summed E-state index contributed by atoms with van der Waals surface area (Å²) in [7, 11) is 0. The van der Waals surface area contributed by atoms with E-state index in [0.717, 1.165) is 0 Å². The molecule has 2 rings (SSSR count). The molecule has 2 aromatic rings. The second-order valence-corrected chi connectivity index (χ2v) is 4.78. The zero-order valence-corrected chi connectivity index (χ0v) is 12.1. The molecule has 108 valence electrons. The number of hydrogen-bond donors (Lipinski definition) is 3. The molecule has 3 amide bonds. The van der Waals surface area contributed by atoms with Crippen LogP contribution >= 0.6 is 11.6 Å². The van der Waals surface area contributed by atoms with Gasteiger partial charge in [0.1, 0.15) is 0 Å². The van der Waals surface area contributed by atoms with E-state index in [-0.39, 0.29) is 11.9 Å². The third-order valence-corrected chi connectivity index (χ3v) is 2.82. The van der Waals surface area contributed by atoms with Crippen molar-refractivity contribution >= 4 is 40.6 Å². The summed E-state index contributed by atoms with van der Waals surface area (Å²) >= 11 is 5.77. The topological polar surface area (TPSA) is 70.2 Å². The van der Waals surface area contributed by atoms with E-state index in [2.05, 4.69) is 16.0 Å². The molecule has 0 aromatic heterocycles. The maximum Gasteiger partial charge on any atom is 0.323 e. The molecular weight excluding hydrogens is 290 g/mol. The van der Waals surface area contributed by atoms with Crippen LogP contribution in [0.15, 0.2) is 48.5 Å². The number of carbonyl (C=O) groups excluding carboxylic acids is 2. The van der Waals surface area contributed by atoms with Gasteiger partial charge >= 0.3 is 6.03 Å². The third kappa shape index (κ3) is 4.81. The minimum absolute atomic E-state index is 0.142. The maximum absolute atomic E-state index is 11.8. The van der Waals surface area contributed by atoms with Crippen molar-refractivity contribution in [2.75, 3.05) is 16.0 Å². The Labute approximate surface area is 127 Å². The Kier molecular flexibility index (Phi) is 4.79. The fraction of sp³-hybridized carbons (Fsp3) is 0.0667. The number of hydrogen-bond acceptors (Lipinski definition) is 2. The number of nitrogens with one attached hydrogen (secondary N) is 3. The first-order chi connectivity index (χ1) is 10.0. The molecule has 6 heteroatoms. The molecule has 0 bridgehead atoms. The van der Waals surface area contributed by atoms with Crippen LogP contribution in [0.2, 0.25) is 5.02 Å². The van der Waals surface area contributed by atoms with E-state index in [0.29, 0.717) is 22.1 Å². The second kappa shape index (κ2) is 6.76. The first-order valence-corrected chi connectivity index (χ1v) is 6.62. The molecule has 21 heavy (non-hydrogen) atoms. The molecule has 0 heterocycles. The van der Waals surface area contributed by atoms with E-state index >= 15 is 0 Å². The second-order valence-electron chi connectivity index (χ2n) is 4.34. The van der Waals surface area contributed by atoms with Crippen molar-refractivity contribution in [1.29, 1.82) is 0 Å². The lowest BCUT2D eigenvalue weighted by Crippen LogP contribution is -2.19. The summed E-state index contributed by atoms with van der Waals surface area (Å²) < 4.78 is 0. The van der Waals surface area contributed by atoms with Gasteiger partial charge in [0.2, 0.25) is 5.91 Å². The van der Waals surface area contributed by atoms with Crippen molar-refractivity contribution in [1.82, 2.24) is 0 Å². The van der Waals surface area contributed by atoms with Crippen molar-refractivity contribution in [3.05, 3.63) is 53.6 Å². The Bertz CT molecular complexity index is 639. The van der Waals surface area contributed by atoms with Crippen LogP contribution in [0, 0.1) is 0 Å². The molecule has 0 saturated carbocycles. The molecule has 0 unspecified atom stereocenters. The number of benzene rings is 2. The van der Waals surface area contributed by atoms with Crippen LogP contribution in [0.1, 0.15) is 6.92 Å². The predicted molar refractivity (Wildman–Crippen MR) is 84.8 cm³/mol. The van der Waals surface area contributed by atoms with Crippen molar-refractivity contribution in [3.8, 4) is 0 Å². The molecule has 5 nitrogen and oxygen atoms in total. The highest BCUT2D eigenvalue weighted by Gasteiger charge is 2.03. The lowest BCUT2D eigenvalue weighted by Gasteiger charge is -2.08. The summed E-state index contributed by atoms with van der Waals surface area (Å²) in [6.07, 6.45) is 0. The van der Waals surface area contributed by atoms with Crippen molar-refractivity contribution in [2.45, 2.75) is 6.92 Å². The number of urea groups is 1. The Morgan fingerprint density at radius 1 is 0.762 bits per heavy atom. The predicted octanol–water partition coefficient (Wildman–Crippen LogP) is 3.94. The summed E-state index contributed by atoms with van der Waals surface area (Å²) in [4.78, 5) is 22.7. The van der Waals surface area contributed by atoms with Crippen LogP contribution in [0.4, 0.5) is 21.9 Å². The molecule has 3 N–H and O–H groups in total. The highest BCUT2D eigenvalue weighted by Crippen LogP contribution is 2.16. The number of rotatable bonds is 3. The molecule has 0 atom stereocenters. The fourth-order valence-electron chi connectivity index (χ4n) is 1.67. The van der Waals surface area contributed by atoms with Gasteiger partial charge in [-0.25, -0.2) is 4.79 Å². The van der Waals surface area contributed by atoms with Crippen molar-refractivity contribution < 1.29 is 9.59 Å². The van der Waals surface area contributed by atoms with E-state index < -0.39 is 0 Å². The van der Waals surface area contributed by atoms with Crippen LogP contribution in [0.5, 0.6) is 0 Å². The summed E-state index contributed by atoms with van der Waals surface area (Å²) in [5.74, 6) is -0.142. The Hall–Kier alpha value is -2.53. The molecule has 0 aliphatic carbocycles. The first-order valence-electron chi connectivity index (χ1n) is 6.24. The Balaban J connectivity index is 1.93. The molecule has 0 spiro atoms. The molecule has 2 aromatic carbocycles. The van der Waals surface area contributed by atoms with Crippen LogP contribution in [0.25, 0.3) is 0 Å². The number of carbonyl (C=O) groups is 2. The van der Waals surface area contributed by atoms with Gasteiger partial charge in [0, 0.05) is 29.0 Å². The minimum Gasteiger partial charge on any atom is -0.326 e. The van der Waals surface area contributed by atoms with Gasteiger partial charge in [-0.15, -0.1) is 0 Å². The molecule has 0 radical (unpaired) electrons. The van der Waals surface area contributed by atoms with Crippen molar-refractivity contribution in [3.63, 3.8) is 0 Å². The first kappa shape index (κ1) is 14.9. The van der Waals surface area contributed by atoms with E-state index in [4.69, 9.17) is 11.6 Å². The standard InChI is InChI=1S/C15H14ClN3O2/c1-10(20)17-12-6-8-14(9-7-12)19-15(21)18-13-4-2-11(16)3-5-13/h2-9H,1H3,(H,17,20)(H2,18,19,21). The van der Waals surface area contributed by atoms with Gasteiger partial charge in [-0.2, -0.15) is 0 Å². The Morgan fingerprint density at radius 2 is 1.14 bits per heavy atom. The lowest BCUT2D eigenvalue weighted by atomic mass is 10.3. The van der Waals surface area contributed by atoms with Crippen LogP contribution < -0.4 is 16.0 Å². The molecule has 0 fully saturated rings. The van der Waals surface area contributed by atoms with Gasteiger partial charge in [-0.1, -0.05) is 11.6 Å². The van der Waals surface area contributed by atoms with Gasteiger partial charge in [-0.05, 0) is 48.5 Å². The van der Waals surface area contributed by atoms with Gasteiger partial charge in [0.25, 0.3) is 0 Å². The van der Waals surface area contributed by atoms with E-state index in [1.165, 1.54) is 6.92 Å². The monoisotopic (exact) mass is 303 g/mol. The summed E-state index contributed by atoms with van der Waals surface area (Å²) in [5, 5.41) is 8.63. The number of anilines is 3. The maximum atomic E-state index is 11.8. The summed E-state index contributed by atoms with van der Waals surface area (Å²) in [6, 6.07) is 13.3. The number of halogens is 1.